The minimum Gasteiger partial charge on any atom is -0.190 e. The van der Waals surface area contributed by atoms with E-state index < -0.39 is 0 Å². The second kappa shape index (κ2) is 2.84. The van der Waals surface area contributed by atoms with E-state index in [-0.39, 0.29) is 0 Å². The standard InChI is InChI=1S/C9H6NS/c1-2-4-8(5-3-1)9-6-7-10-11-9/h1-6H. The number of benzene rings is 1. The van der Waals surface area contributed by atoms with Crippen LogP contribution in [0.3, 0.4) is 0 Å². The Morgan fingerprint density at radius 3 is 2.64 bits per heavy atom. The monoisotopic (exact) mass is 160 g/mol. The molecule has 0 bridgehead atoms. The number of rotatable bonds is 1. The first-order valence-corrected chi connectivity index (χ1v) is 4.12. The largest absolute Gasteiger partial charge is 0.190 e. The summed E-state index contributed by atoms with van der Waals surface area (Å²) >= 11 is 1.47. The topological polar surface area (TPSA) is 12.9 Å². The first-order chi connectivity index (χ1) is 5.47. The Balaban J connectivity index is 2.46. The summed E-state index contributed by atoms with van der Waals surface area (Å²) in [6, 6.07) is 12.1. The highest BCUT2D eigenvalue weighted by Gasteiger charge is 1.95. The molecule has 0 unspecified atom stereocenters. The Labute approximate surface area is 69.5 Å². The first-order valence-electron chi connectivity index (χ1n) is 3.35. The normalized spacial score (nSPS) is 9.82. The Morgan fingerprint density at radius 1 is 1.18 bits per heavy atom. The third kappa shape index (κ3) is 1.30. The van der Waals surface area contributed by atoms with Crippen LogP contribution < -0.4 is 0 Å². The van der Waals surface area contributed by atoms with Gasteiger partial charge in [0.1, 0.15) is 6.20 Å². The van der Waals surface area contributed by atoms with Crippen LogP contribution in [0.25, 0.3) is 10.4 Å². The average Bonchev–Trinajstić information content (AvgIpc) is 2.58. The zero-order valence-electron chi connectivity index (χ0n) is 5.82. The Hall–Kier alpha value is -1.15. The van der Waals surface area contributed by atoms with Crippen LogP contribution in [0.2, 0.25) is 0 Å². The molecule has 0 fully saturated rings. The molecule has 2 heteroatoms. The molecule has 1 aromatic carbocycles. The van der Waals surface area contributed by atoms with Crippen molar-refractivity contribution >= 4 is 11.5 Å². The quantitative estimate of drug-likeness (QED) is 0.625. The van der Waals surface area contributed by atoms with E-state index in [0.29, 0.717) is 0 Å². The summed E-state index contributed by atoms with van der Waals surface area (Å²) in [5, 5.41) is 0. The maximum Gasteiger partial charge on any atom is 0.104 e. The van der Waals surface area contributed by atoms with E-state index in [2.05, 4.69) is 22.7 Å². The lowest BCUT2D eigenvalue weighted by atomic mass is 10.2. The van der Waals surface area contributed by atoms with Gasteiger partial charge in [0.05, 0.1) is 4.88 Å². The maximum absolute atomic E-state index is 3.92. The van der Waals surface area contributed by atoms with Crippen molar-refractivity contribution < 1.29 is 0 Å². The Kier molecular flexibility index (Phi) is 1.69. The summed E-state index contributed by atoms with van der Waals surface area (Å²) < 4.78 is 3.92. The predicted molar refractivity (Wildman–Crippen MR) is 46.4 cm³/mol. The Morgan fingerprint density at radius 2 is 2.00 bits per heavy atom. The second-order valence-corrected chi connectivity index (χ2v) is 2.99. The number of hydrogen-bond donors (Lipinski definition) is 0. The van der Waals surface area contributed by atoms with Gasteiger partial charge in [0.2, 0.25) is 0 Å². The first kappa shape index (κ1) is 6.55. The SMILES string of the molecule is [c]1cc(-c2ccccc2)sn1. The van der Waals surface area contributed by atoms with Crippen molar-refractivity contribution in [3.8, 4) is 10.4 Å². The molecule has 11 heavy (non-hydrogen) atoms. The number of hydrogen-bond acceptors (Lipinski definition) is 2. The molecule has 0 amide bonds. The minimum atomic E-state index is 1.17. The molecule has 1 radical (unpaired) electrons. The van der Waals surface area contributed by atoms with E-state index in [9.17, 15) is 0 Å². The van der Waals surface area contributed by atoms with Crippen molar-refractivity contribution in [3.63, 3.8) is 0 Å². The van der Waals surface area contributed by atoms with Crippen LogP contribution in [0.4, 0.5) is 0 Å². The van der Waals surface area contributed by atoms with Gasteiger partial charge in [-0.1, -0.05) is 30.3 Å². The van der Waals surface area contributed by atoms with Crippen molar-refractivity contribution in [2.45, 2.75) is 0 Å². The van der Waals surface area contributed by atoms with Crippen molar-refractivity contribution in [2.24, 2.45) is 0 Å². The van der Waals surface area contributed by atoms with E-state index in [0.717, 1.165) is 0 Å². The third-order valence-electron chi connectivity index (χ3n) is 1.45. The highest BCUT2D eigenvalue weighted by atomic mass is 32.1. The summed E-state index contributed by atoms with van der Waals surface area (Å²) in [4.78, 5) is 1.17. The lowest BCUT2D eigenvalue weighted by Crippen LogP contribution is -1.67. The molecule has 0 N–H and O–H groups in total. The van der Waals surface area contributed by atoms with Gasteiger partial charge in [-0.3, -0.25) is 0 Å². The van der Waals surface area contributed by atoms with Gasteiger partial charge >= 0.3 is 0 Å². The van der Waals surface area contributed by atoms with Crippen LogP contribution >= 0.6 is 11.5 Å². The van der Waals surface area contributed by atoms with Gasteiger partial charge in [0.15, 0.2) is 0 Å². The molecule has 0 spiro atoms. The molecule has 1 nitrogen and oxygen atoms in total. The molecule has 1 aromatic heterocycles. The summed E-state index contributed by atoms with van der Waals surface area (Å²) in [5.41, 5.74) is 1.21. The molecule has 1 heterocycles. The van der Waals surface area contributed by atoms with Gasteiger partial charge in [-0.15, -0.1) is 0 Å². The van der Waals surface area contributed by atoms with E-state index in [4.69, 9.17) is 0 Å². The van der Waals surface area contributed by atoms with Crippen LogP contribution in [-0.4, -0.2) is 4.37 Å². The number of aromatic nitrogens is 1. The molecule has 0 saturated carbocycles. The highest BCUT2D eigenvalue weighted by molar-refractivity contribution is 7.09. The summed E-state index contributed by atoms with van der Waals surface area (Å²) in [5.74, 6) is 0. The van der Waals surface area contributed by atoms with Gasteiger partial charge in [-0.25, -0.2) is 0 Å². The third-order valence-corrected chi connectivity index (χ3v) is 2.20. The van der Waals surface area contributed by atoms with Gasteiger partial charge in [0, 0.05) is 0 Å². The molecule has 0 aliphatic rings. The fraction of sp³-hybridized carbons (Fsp3) is 0. The Bertz CT molecular complexity index is 313. The van der Waals surface area contributed by atoms with Crippen LogP contribution in [-0.2, 0) is 0 Å². The van der Waals surface area contributed by atoms with E-state index in [1.165, 1.54) is 22.0 Å². The molecule has 2 aromatic rings. The van der Waals surface area contributed by atoms with Gasteiger partial charge in [-0.2, -0.15) is 4.37 Å². The molecule has 53 valence electrons. The van der Waals surface area contributed by atoms with Gasteiger partial charge in [0.25, 0.3) is 0 Å². The van der Waals surface area contributed by atoms with E-state index >= 15 is 0 Å². The molecule has 0 atom stereocenters. The molecule has 2 rings (SSSR count). The molecule has 0 aliphatic heterocycles. The summed E-state index contributed by atoms with van der Waals surface area (Å²) in [7, 11) is 0. The zero-order chi connectivity index (χ0) is 7.52. The van der Waals surface area contributed by atoms with Crippen molar-refractivity contribution in [3.05, 3.63) is 42.6 Å². The second-order valence-electron chi connectivity index (χ2n) is 2.19. The minimum absolute atomic E-state index is 1.17. The van der Waals surface area contributed by atoms with E-state index in [1.807, 2.05) is 24.3 Å². The molecular formula is C9H6NS. The van der Waals surface area contributed by atoms with E-state index in [1.54, 1.807) is 0 Å². The zero-order valence-corrected chi connectivity index (χ0v) is 6.64. The van der Waals surface area contributed by atoms with Crippen molar-refractivity contribution in [2.75, 3.05) is 0 Å². The number of nitrogens with zero attached hydrogens (tertiary/aromatic N) is 1. The predicted octanol–water partition coefficient (Wildman–Crippen LogP) is 2.61. The lowest BCUT2D eigenvalue weighted by Gasteiger charge is -1.91. The highest BCUT2D eigenvalue weighted by Crippen LogP contribution is 2.21. The molecule has 0 saturated heterocycles. The van der Waals surface area contributed by atoms with Crippen LogP contribution in [0.1, 0.15) is 0 Å². The maximum atomic E-state index is 3.92. The molecular weight excluding hydrogens is 154 g/mol. The smallest absolute Gasteiger partial charge is 0.104 e. The van der Waals surface area contributed by atoms with Crippen LogP contribution in [0.5, 0.6) is 0 Å². The average molecular weight is 160 g/mol. The van der Waals surface area contributed by atoms with Crippen molar-refractivity contribution in [1.82, 2.24) is 4.37 Å². The van der Waals surface area contributed by atoms with Crippen LogP contribution in [0.15, 0.2) is 36.4 Å². The fourth-order valence-corrected chi connectivity index (χ4v) is 1.48. The van der Waals surface area contributed by atoms with Gasteiger partial charge in [-0.05, 0) is 23.2 Å². The van der Waals surface area contributed by atoms with Crippen molar-refractivity contribution in [1.29, 1.82) is 0 Å². The fourth-order valence-electron chi connectivity index (χ4n) is 0.925. The lowest BCUT2D eigenvalue weighted by molar-refractivity contribution is 1.56. The molecule has 0 aliphatic carbocycles. The summed E-state index contributed by atoms with van der Waals surface area (Å²) in [6.45, 7) is 0. The van der Waals surface area contributed by atoms with Gasteiger partial charge < -0.3 is 0 Å². The van der Waals surface area contributed by atoms with Crippen LogP contribution in [0, 0.1) is 6.20 Å². The summed E-state index contributed by atoms with van der Waals surface area (Å²) in [6.07, 6.45) is 2.80.